The Morgan fingerprint density at radius 2 is 1.51 bits per heavy atom. The van der Waals surface area contributed by atoms with Crippen molar-refractivity contribution in [1.82, 2.24) is 15.5 Å². The average molecular weight is 573 g/mol. The number of anilines is 1. The molecule has 1 aliphatic rings. The lowest BCUT2D eigenvalue weighted by atomic mass is 10.1. The molecular formula is C27H36N6O8. The summed E-state index contributed by atoms with van der Waals surface area (Å²) in [6.45, 7) is 3.18. The molecule has 1 aromatic carbocycles. The molecule has 0 radical (unpaired) electrons. The van der Waals surface area contributed by atoms with E-state index in [0.29, 0.717) is 37.1 Å². The highest BCUT2D eigenvalue weighted by Gasteiger charge is 2.26. The minimum absolute atomic E-state index is 0.0148. The van der Waals surface area contributed by atoms with Crippen molar-refractivity contribution < 1.29 is 38.3 Å². The van der Waals surface area contributed by atoms with Crippen LogP contribution in [0.25, 0.3) is 0 Å². The zero-order chi connectivity index (χ0) is 30.5. The van der Waals surface area contributed by atoms with E-state index in [1.165, 1.54) is 26.0 Å². The Labute approximate surface area is 237 Å². The number of hydrogen-bond donors (Lipinski definition) is 5. The highest BCUT2D eigenvalue weighted by atomic mass is 16.5. The lowest BCUT2D eigenvalue weighted by molar-refractivity contribution is -0.145. The molecule has 0 fully saturated rings. The zero-order valence-electron chi connectivity index (χ0n) is 23.0. The molecule has 14 nitrogen and oxygen atoms in total. The molecule has 6 amide bonds. The first kappa shape index (κ1) is 32.6. The molecule has 0 spiro atoms. The predicted octanol–water partition coefficient (Wildman–Crippen LogP) is -0.634. The van der Waals surface area contributed by atoms with Crippen LogP contribution in [0.15, 0.2) is 36.4 Å². The van der Waals surface area contributed by atoms with Gasteiger partial charge in [0.05, 0.1) is 12.5 Å². The van der Waals surface area contributed by atoms with Crippen molar-refractivity contribution in [3.8, 4) is 0 Å². The van der Waals surface area contributed by atoms with Crippen LogP contribution in [0.2, 0.25) is 0 Å². The highest BCUT2D eigenvalue weighted by Crippen LogP contribution is 2.13. The van der Waals surface area contributed by atoms with E-state index in [0.717, 1.165) is 4.90 Å². The molecule has 2 rings (SSSR count). The first-order chi connectivity index (χ1) is 19.4. The number of carbonyl (C=O) groups excluding carboxylic acids is 7. The number of benzene rings is 1. The molecule has 0 aliphatic carbocycles. The Balaban J connectivity index is 1.77. The van der Waals surface area contributed by atoms with Crippen LogP contribution in [0.4, 0.5) is 5.69 Å². The third kappa shape index (κ3) is 11.2. The van der Waals surface area contributed by atoms with E-state index in [1.807, 2.05) is 0 Å². The van der Waals surface area contributed by atoms with E-state index < -0.39 is 54.1 Å². The van der Waals surface area contributed by atoms with Gasteiger partial charge >= 0.3 is 5.97 Å². The average Bonchev–Trinajstić information content (AvgIpc) is 3.23. The van der Waals surface area contributed by atoms with Gasteiger partial charge in [-0.15, -0.1) is 0 Å². The summed E-state index contributed by atoms with van der Waals surface area (Å²) in [6, 6.07) is 3.25. The monoisotopic (exact) mass is 572 g/mol. The molecular weight excluding hydrogens is 536 g/mol. The summed E-state index contributed by atoms with van der Waals surface area (Å²) in [7, 11) is 0. The van der Waals surface area contributed by atoms with Gasteiger partial charge in [0.1, 0.15) is 18.7 Å². The molecule has 1 heterocycles. The summed E-state index contributed by atoms with van der Waals surface area (Å²) >= 11 is 0. The quantitative estimate of drug-likeness (QED) is 0.0965. The molecule has 14 heteroatoms. The second-order valence-electron chi connectivity index (χ2n) is 9.57. The van der Waals surface area contributed by atoms with Gasteiger partial charge in [-0.05, 0) is 44.4 Å². The summed E-state index contributed by atoms with van der Waals surface area (Å²) < 4.78 is 5.26. The maximum atomic E-state index is 12.7. The number of nitrogens with zero attached hydrogens (tertiary/aromatic N) is 1. The molecule has 0 bridgehead atoms. The van der Waals surface area contributed by atoms with E-state index in [4.69, 9.17) is 16.2 Å². The lowest BCUT2D eigenvalue weighted by Gasteiger charge is -2.21. The van der Waals surface area contributed by atoms with Crippen molar-refractivity contribution >= 4 is 47.1 Å². The Bertz CT molecular complexity index is 1160. The van der Waals surface area contributed by atoms with E-state index in [-0.39, 0.29) is 24.8 Å². The maximum absolute atomic E-state index is 12.7. The lowest BCUT2D eigenvalue weighted by Crippen LogP contribution is -2.54. The molecule has 0 aromatic heterocycles. The summed E-state index contributed by atoms with van der Waals surface area (Å²) in [4.78, 5) is 84.6. The second-order valence-corrected chi connectivity index (χ2v) is 9.57. The van der Waals surface area contributed by atoms with E-state index in [1.54, 1.807) is 24.3 Å². The van der Waals surface area contributed by atoms with Gasteiger partial charge in [-0.1, -0.05) is 18.6 Å². The van der Waals surface area contributed by atoms with Crippen LogP contribution in [0.3, 0.4) is 0 Å². The van der Waals surface area contributed by atoms with Crippen LogP contribution >= 0.6 is 0 Å². The van der Waals surface area contributed by atoms with Crippen molar-refractivity contribution in [3.05, 3.63) is 42.0 Å². The predicted molar refractivity (Wildman–Crippen MR) is 146 cm³/mol. The van der Waals surface area contributed by atoms with Crippen LogP contribution in [0.5, 0.6) is 0 Å². The van der Waals surface area contributed by atoms with Gasteiger partial charge in [0.15, 0.2) is 0 Å². The SMILES string of the molecule is CC(N)C(=O)NC(C)C(=O)NC(CC(N)=O)C(=O)Nc1ccc(COC(=O)CCCCCN2C(=O)C=CC2=O)cc1. The molecule has 3 unspecified atom stereocenters. The van der Waals surface area contributed by atoms with Gasteiger partial charge in [0, 0.05) is 30.8 Å². The van der Waals surface area contributed by atoms with Gasteiger partial charge in [-0.25, -0.2) is 0 Å². The van der Waals surface area contributed by atoms with Crippen LogP contribution in [0, 0.1) is 0 Å². The van der Waals surface area contributed by atoms with Crippen LogP contribution in [0.1, 0.15) is 51.5 Å². The van der Waals surface area contributed by atoms with Gasteiger partial charge in [0.25, 0.3) is 11.8 Å². The van der Waals surface area contributed by atoms with Gasteiger partial charge in [-0.3, -0.25) is 38.5 Å². The Hall–Kier alpha value is -4.59. The van der Waals surface area contributed by atoms with Crippen LogP contribution < -0.4 is 27.4 Å². The molecule has 222 valence electrons. The molecule has 0 saturated carbocycles. The number of ether oxygens (including phenoxy) is 1. The van der Waals surface area contributed by atoms with Gasteiger partial charge in [-0.2, -0.15) is 0 Å². The second kappa shape index (κ2) is 15.9. The number of nitrogens with two attached hydrogens (primary N) is 2. The Morgan fingerprint density at radius 3 is 2.10 bits per heavy atom. The number of hydrogen-bond acceptors (Lipinski definition) is 9. The topological polar surface area (TPSA) is 220 Å². The number of esters is 1. The summed E-state index contributed by atoms with van der Waals surface area (Å²) in [6.07, 6.45) is 3.98. The Morgan fingerprint density at radius 1 is 0.878 bits per heavy atom. The smallest absolute Gasteiger partial charge is 0.306 e. The highest BCUT2D eigenvalue weighted by molar-refractivity contribution is 6.12. The van der Waals surface area contributed by atoms with E-state index in [2.05, 4.69) is 16.0 Å². The fourth-order valence-electron chi connectivity index (χ4n) is 3.63. The third-order valence-electron chi connectivity index (χ3n) is 5.99. The fraction of sp³-hybridized carbons (Fsp3) is 0.444. The van der Waals surface area contributed by atoms with Crippen LogP contribution in [-0.4, -0.2) is 71.0 Å². The van der Waals surface area contributed by atoms with Gasteiger partial charge < -0.3 is 32.2 Å². The van der Waals surface area contributed by atoms with Crippen LogP contribution in [-0.2, 0) is 44.9 Å². The molecule has 0 saturated heterocycles. The molecule has 1 aliphatic heterocycles. The minimum atomic E-state index is -1.29. The number of imide groups is 1. The minimum Gasteiger partial charge on any atom is -0.461 e. The Kier molecular flexibility index (Phi) is 12.6. The summed E-state index contributed by atoms with van der Waals surface area (Å²) in [5.74, 6) is -3.82. The number of primary amides is 1. The standard InChI is InChI=1S/C27H36N6O8/c1-16(28)25(38)30-17(2)26(39)32-20(14-21(29)34)27(40)31-19-9-7-18(8-10-19)15-41-24(37)6-4-3-5-13-33-22(35)11-12-23(33)36/h7-12,16-17,20H,3-6,13-15,28H2,1-2H3,(H2,29,34)(H,30,38)(H,31,40)(H,32,39). The summed E-state index contributed by atoms with van der Waals surface area (Å²) in [5, 5.41) is 7.38. The third-order valence-corrected chi connectivity index (χ3v) is 5.99. The number of nitrogens with one attached hydrogen (secondary N) is 3. The largest absolute Gasteiger partial charge is 0.461 e. The number of rotatable bonds is 16. The first-order valence-electron chi connectivity index (χ1n) is 13.1. The fourth-order valence-corrected chi connectivity index (χ4v) is 3.63. The molecule has 1 aromatic rings. The van der Waals surface area contributed by atoms with Crippen molar-refractivity contribution in [2.75, 3.05) is 11.9 Å². The zero-order valence-corrected chi connectivity index (χ0v) is 23.0. The molecule has 41 heavy (non-hydrogen) atoms. The van der Waals surface area contributed by atoms with E-state index in [9.17, 15) is 33.6 Å². The first-order valence-corrected chi connectivity index (χ1v) is 13.1. The summed E-state index contributed by atoms with van der Waals surface area (Å²) in [5.41, 5.74) is 11.7. The maximum Gasteiger partial charge on any atom is 0.306 e. The van der Waals surface area contributed by atoms with Crippen molar-refractivity contribution in [2.45, 2.75) is 70.7 Å². The number of amides is 6. The number of unbranched alkanes of at least 4 members (excludes halogenated alkanes) is 2. The number of carbonyl (C=O) groups is 7. The van der Waals surface area contributed by atoms with Crippen molar-refractivity contribution in [1.29, 1.82) is 0 Å². The van der Waals surface area contributed by atoms with E-state index >= 15 is 0 Å². The molecule has 3 atom stereocenters. The van der Waals surface area contributed by atoms with Crippen molar-refractivity contribution in [2.24, 2.45) is 11.5 Å². The van der Waals surface area contributed by atoms with Gasteiger partial charge in [0.2, 0.25) is 23.6 Å². The normalized spacial score (nSPS) is 14.7. The molecule has 7 N–H and O–H groups in total. The van der Waals surface area contributed by atoms with Crippen molar-refractivity contribution in [3.63, 3.8) is 0 Å².